The maximum absolute atomic E-state index is 11.8. The SMILES string of the molecule is Nc1cc(C(=O)NCc2ccc3c(c2)OCO3)[nH]n1. The summed E-state index contributed by atoms with van der Waals surface area (Å²) >= 11 is 0. The fraction of sp³-hybridized carbons (Fsp3) is 0.167. The van der Waals surface area contributed by atoms with Crippen LogP contribution in [0.1, 0.15) is 16.1 Å². The highest BCUT2D eigenvalue weighted by atomic mass is 16.7. The second kappa shape index (κ2) is 4.52. The zero-order valence-corrected chi connectivity index (χ0v) is 9.97. The van der Waals surface area contributed by atoms with Crippen LogP contribution >= 0.6 is 0 Å². The molecule has 2 aromatic rings. The zero-order valence-electron chi connectivity index (χ0n) is 9.97. The van der Waals surface area contributed by atoms with Crippen LogP contribution in [0.4, 0.5) is 5.82 Å². The van der Waals surface area contributed by atoms with Gasteiger partial charge < -0.3 is 20.5 Å². The van der Waals surface area contributed by atoms with Crippen molar-refractivity contribution in [1.82, 2.24) is 15.5 Å². The van der Waals surface area contributed by atoms with Crippen molar-refractivity contribution in [3.63, 3.8) is 0 Å². The summed E-state index contributed by atoms with van der Waals surface area (Å²) in [4.78, 5) is 11.8. The Balaban J connectivity index is 1.64. The minimum atomic E-state index is -0.262. The summed E-state index contributed by atoms with van der Waals surface area (Å²) in [5.41, 5.74) is 6.69. The fourth-order valence-electron chi connectivity index (χ4n) is 1.78. The first-order chi connectivity index (χ1) is 9.22. The van der Waals surface area contributed by atoms with Gasteiger partial charge >= 0.3 is 0 Å². The number of rotatable bonds is 3. The van der Waals surface area contributed by atoms with Gasteiger partial charge in [-0.15, -0.1) is 0 Å². The lowest BCUT2D eigenvalue weighted by Crippen LogP contribution is -2.23. The van der Waals surface area contributed by atoms with Gasteiger partial charge in [-0.3, -0.25) is 9.89 Å². The molecule has 0 aliphatic carbocycles. The predicted octanol–water partition coefficient (Wildman–Crippen LogP) is 0.651. The number of amides is 1. The summed E-state index contributed by atoms with van der Waals surface area (Å²) in [5.74, 6) is 1.43. The Bertz CT molecular complexity index is 623. The smallest absolute Gasteiger partial charge is 0.269 e. The molecule has 0 radical (unpaired) electrons. The molecule has 4 N–H and O–H groups in total. The molecular formula is C12H12N4O3. The summed E-state index contributed by atoms with van der Waals surface area (Å²) in [7, 11) is 0. The highest BCUT2D eigenvalue weighted by Gasteiger charge is 2.14. The number of fused-ring (bicyclic) bond motifs is 1. The number of hydrogen-bond acceptors (Lipinski definition) is 5. The van der Waals surface area contributed by atoms with E-state index in [1.807, 2.05) is 18.2 Å². The van der Waals surface area contributed by atoms with Gasteiger partial charge in [-0.2, -0.15) is 5.10 Å². The van der Waals surface area contributed by atoms with Crippen molar-refractivity contribution < 1.29 is 14.3 Å². The van der Waals surface area contributed by atoms with Crippen molar-refractivity contribution in [2.24, 2.45) is 0 Å². The molecule has 3 rings (SSSR count). The molecule has 0 saturated carbocycles. The molecule has 7 nitrogen and oxygen atoms in total. The van der Waals surface area contributed by atoms with Gasteiger partial charge in [0, 0.05) is 12.6 Å². The number of hydrogen-bond donors (Lipinski definition) is 3. The largest absolute Gasteiger partial charge is 0.454 e. The lowest BCUT2D eigenvalue weighted by atomic mass is 10.2. The van der Waals surface area contributed by atoms with Crippen molar-refractivity contribution in [2.75, 3.05) is 12.5 Å². The molecule has 0 saturated heterocycles. The first kappa shape index (κ1) is 11.4. The van der Waals surface area contributed by atoms with Crippen LogP contribution in [0.2, 0.25) is 0 Å². The average molecular weight is 260 g/mol. The molecule has 0 unspecified atom stereocenters. The molecule has 0 fully saturated rings. The van der Waals surface area contributed by atoms with Crippen molar-refractivity contribution >= 4 is 11.7 Å². The molecule has 0 spiro atoms. The highest BCUT2D eigenvalue weighted by Crippen LogP contribution is 2.32. The normalized spacial score (nSPS) is 12.4. The number of carbonyl (C=O) groups excluding carboxylic acids is 1. The van der Waals surface area contributed by atoms with E-state index in [2.05, 4.69) is 15.5 Å². The molecule has 7 heteroatoms. The number of nitrogens with zero attached hydrogens (tertiary/aromatic N) is 1. The molecule has 0 atom stereocenters. The van der Waals surface area contributed by atoms with Gasteiger partial charge in [0.1, 0.15) is 11.5 Å². The fourth-order valence-corrected chi connectivity index (χ4v) is 1.78. The first-order valence-corrected chi connectivity index (χ1v) is 5.70. The Labute approximate surface area is 108 Å². The molecule has 19 heavy (non-hydrogen) atoms. The van der Waals surface area contributed by atoms with E-state index in [1.54, 1.807) is 0 Å². The van der Waals surface area contributed by atoms with Gasteiger partial charge in [0.05, 0.1) is 0 Å². The van der Waals surface area contributed by atoms with Gasteiger partial charge in [0.15, 0.2) is 11.5 Å². The number of anilines is 1. The van der Waals surface area contributed by atoms with E-state index in [4.69, 9.17) is 15.2 Å². The second-order valence-electron chi connectivity index (χ2n) is 4.08. The van der Waals surface area contributed by atoms with Gasteiger partial charge in [0.25, 0.3) is 5.91 Å². The van der Waals surface area contributed by atoms with Gasteiger partial charge in [-0.05, 0) is 17.7 Å². The van der Waals surface area contributed by atoms with Crippen LogP contribution in [-0.4, -0.2) is 22.9 Å². The van der Waals surface area contributed by atoms with Gasteiger partial charge in [-0.1, -0.05) is 6.07 Å². The van der Waals surface area contributed by atoms with Gasteiger partial charge in [0.2, 0.25) is 6.79 Å². The number of carbonyl (C=O) groups is 1. The Morgan fingerprint density at radius 1 is 1.37 bits per heavy atom. The number of aromatic nitrogens is 2. The van der Waals surface area contributed by atoms with Crippen molar-refractivity contribution in [3.05, 3.63) is 35.5 Å². The third-order valence-corrected chi connectivity index (χ3v) is 2.73. The number of nitrogen functional groups attached to an aromatic ring is 1. The first-order valence-electron chi connectivity index (χ1n) is 5.70. The van der Waals surface area contributed by atoms with Crippen LogP contribution in [0.25, 0.3) is 0 Å². The number of ether oxygens (including phenoxy) is 2. The van der Waals surface area contributed by atoms with Gasteiger partial charge in [-0.25, -0.2) is 0 Å². The van der Waals surface area contributed by atoms with E-state index in [0.717, 1.165) is 11.3 Å². The van der Waals surface area contributed by atoms with Crippen LogP contribution in [0.15, 0.2) is 24.3 Å². The quantitative estimate of drug-likeness (QED) is 0.752. The van der Waals surface area contributed by atoms with E-state index in [0.29, 0.717) is 18.0 Å². The van der Waals surface area contributed by atoms with E-state index < -0.39 is 0 Å². The summed E-state index contributed by atoms with van der Waals surface area (Å²) in [6.45, 7) is 0.618. The van der Waals surface area contributed by atoms with Crippen LogP contribution < -0.4 is 20.5 Å². The molecule has 0 bridgehead atoms. The Kier molecular flexibility index (Phi) is 2.71. The predicted molar refractivity (Wildman–Crippen MR) is 66.7 cm³/mol. The Morgan fingerprint density at radius 3 is 3.00 bits per heavy atom. The monoisotopic (exact) mass is 260 g/mol. The summed E-state index contributed by atoms with van der Waals surface area (Å²) < 4.78 is 10.5. The number of aromatic amines is 1. The number of benzene rings is 1. The number of H-pyrrole nitrogens is 1. The van der Waals surface area contributed by atoms with Crippen LogP contribution in [-0.2, 0) is 6.54 Å². The average Bonchev–Trinajstić information content (AvgIpc) is 3.03. The van der Waals surface area contributed by atoms with Crippen LogP contribution in [0.3, 0.4) is 0 Å². The summed E-state index contributed by atoms with van der Waals surface area (Å²) in [6, 6.07) is 7.01. The minimum Gasteiger partial charge on any atom is -0.454 e. The molecular weight excluding hydrogens is 248 g/mol. The topological polar surface area (TPSA) is 102 Å². The zero-order chi connectivity index (χ0) is 13.2. The molecule has 98 valence electrons. The Hall–Kier alpha value is -2.70. The minimum absolute atomic E-state index is 0.235. The highest BCUT2D eigenvalue weighted by molar-refractivity contribution is 5.92. The van der Waals surface area contributed by atoms with Crippen molar-refractivity contribution in [1.29, 1.82) is 0 Å². The third-order valence-electron chi connectivity index (χ3n) is 2.73. The maximum atomic E-state index is 11.8. The van der Waals surface area contributed by atoms with E-state index in [-0.39, 0.29) is 18.5 Å². The van der Waals surface area contributed by atoms with E-state index in [9.17, 15) is 4.79 Å². The van der Waals surface area contributed by atoms with Crippen LogP contribution in [0, 0.1) is 0 Å². The summed E-state index contributed by atoms with van der Waals surface area (Å²) in [5, 5.41) is 9.00. The second-order valence-corrected chi connectivity index (χ2v) is 4.08. The number of nitrogens with one attached hydrogen (secondary N) is 2. The maximum Gasteiger partial charge on any atom is 0.269 e. The molecule has 2 heterocycles. The lowest BCUT2D eigenvalue weighted by molar-refractivity contribution is 0.0946. The lowest BCUT2D eigenvalue weighted by Gasteiger charge is -2.04. The van der Waals surface area contributed by atoms with E-state index in [1.165, 1.54) is 6.07 Å². The number of nitrogens with two attached hydrogens (primary N) is 1. The van der Waals surface area contributed by atoms with E-state index >= 15 is 0 Å². The standard InChI is InChI=1S/C12H12N4O3/c13-11-4-8(15-16-11)12(17)14-5-7-1-2-9-10(3-7)19-6-18-9/h1-4H,5-6H2,(H,14,17)(H3,13,15,16). The third kappa shape index (κ3) is 2.30. The molecule has 1 aliphatic rings. The molecule has 1 aromatic heterocycles. The van der Waals surface area contributed by atoms with Crippen molar-refractivity contribution in [2.45, 2.75) is 6.54 Å². The Morgan fingerprint density at radius 2 is 2.21 bits per heavy atom. The molecule has 1 aliphatic heterocycles. The summed E-state index contributed by atoms with van der Waals surface area (Å²) in [6.07, 6.45) is 0. The molecule has 1 aromatic carbocycles. The molecule has 1 amide bonds. The van der Waals surface area contributed by atoms with Crippen molar-refractivity contribution in [3.8, 4) is 11.5 Å². The van der Waals surface area contributed by atoms with Crippen LogP contribution in [0.5, 0.6) is 11.5 Å².